The van der Waals surface area contributed by atoms with Crippen molar-refractivity contribution in [2.75, 3.05) is 6.61 Å². The highest BCUT2D eigenvalue weighted by Gasteiger charge is 2.75. The molecule has 2 atom stereocenters. The maximum atomic E-state index is 11.8. The van der Waals surface area contributed by atoms with Crippen molar-refractivity contribution in [3.63, 3.8) is 0 Å². The number of esters is 1. The van der Waals surface area contributed by atoms with Gasteiger partial charge in [-0.3, -0.25) is 4.79 Å². The number of carbonyl (C=O) groups excluding carboxylic acids is 1. The van der Waals surface area contributed by atoms with Gasteiger partial charge in [-0.1, -0.05) is 30.7 Å². The van der Waals surface area contributed by atoms with E-state index in [-0.39, 0.29) is 11.4 Å². The Balaban J connectivity index is 2.12. The molecule has 1 heterocycles. The summed E-state index contributed by atoms with van der Waals surface area (Å²) in [4.78, 5) is 11.8. The van der Waals surface area contributed by atoms with Gasteiger partial charge in [-0.25, -0.2) is 0 Å². The van der Waals surface area contributed by atoms with Crippen LogP contribution in [0, 0.1) is 5.41 Å². The first kappa shape index (κ1) is 9.22. The maximum absolute atomic E-state index is 11.8. The van der Waals surface area contributed by atoms with Crippen LogP contribution in [0.1, 0.15) is 18.9 Å². The number of hydrogen-bond acceptors (Lipinski definition) is 2. The average Bonchev–Trinajstić information content (AvgIpc) is 2.76. The van der Waals surface area contributed by atoms with Gasteiger partial charge in [0.1, 0.15) is 5.41 Å². The second-order valence-electron chi connectivity index (χ2n) is 4.73. The number of fused-ring (bicyclic) bond motifs is 1. The van der Waals surface area contributed by atoms with Crippen molar-refractivity contribution in [2.45, 2.75) is 18.8 Å². The molecule has 1 saturated carbocycles. The Hall–Kier alpha value is -1.02. The Labute approximate surface area is 93.2 Å². The Kier molecular flexibility index (Phi) is 1.57. The summed E-state index contributed by atoms with van der Waals surface area (Å²) in [5.41, 5.74) is 0.590. The molecule has 78 valence electrons. The summed E-state index contributed by atoms with van der Waals surface area (Å²) < 4.78 is 5.13. The molecule has 15 heavy (non-hydrogen) atoms. The molecule has 1 aliphatic carbocycles. The molecule has 3 heteroatoms. The van der Waals surface area contributed by atoms with E-state index in [9.17, 15) is 4.79 Å². The number of benzene rings is 1. The molecule has 0 spiro atoms. The molecule has 0 radical (unpaired) electrons. The summed E-state index contributed by atoms with van der Waals surface area (Å²) >= 11 is 5.94. The fourth-order valence-electron chi connectivity index (χ4n) is 2.70. The molecule has 0 bridgehead atoms. The number of cyclic esters (lactones) is 1. The number of ether oxygens (including phenoxy) is 1. The molecule has 0 unspecified atom stereocenters. The lowest BCUT2D eigenvalue weighted by atomic mass is 9.89. The zero-order valence-corrected chi connectivity index (χ0v) is 9.17. The van der Waals surface area contributed by atoms with Gasteiger partial charge in [0.05, 0.1) is 6.61 Å². The smallest absolute Gasteiger partial charge is 0.317 e. The Morgan fingerprint density at radius 3 is 2.80 bits per heavy atom. The highest BCUT2D eigenvalue weighted by atomic mass is 35.5. The first-order chi connectivity index (χ1) is 7.08. The first-order valence-electron chi connectivity index (χ1n) is 5.02. The van der Waals surface area contributed by atoms with Crippen molar-refractivity contribution in [1.82, 2.24) is 0 Å². The third-order valence-corrected chi connectivity index (χ3v) is 3.98. The zero-order chi connectivity index (χ0) is 10.7. The van der Waals surface area contributed by atoms with Gasteiger partial charge in [0.2, 0.25) is 0 Å². The number of carbonyl (C=O) groups is 1. The molecule has 0 N–H and O–H groups in total. The van der Waals surface area contributed by atoms with Crippen molar-refractivity contribution >= 4 is 17.6 Å². The molecular weight excluding hydrogens is 212 g/mol. The third-order valence-electron chi connectivity index (χ3n) is 3.75. The van der Waals surface area contributed by atoms with Crippen LogP contribution < -0.4 is 0 Å². The molecular formula is C12H11ClO2. The molecule has 0 amide bonds. The van der Waals surface area contributed by atoms with Crippen LogP contribution in [0.2, 0.25) is 5.02 Å². The Morgan fingerprint density at radius 2 is 2.27 bits per heavy atom. The van der Waals surface area contributed by atoms with E-state index >= 15 is 0 Å². The van der Waals surface area contributed by atoms with Crippen LogP contribution in [0.15, 0.2) is 24.3 Å². The average molecular weight is 223 g/mol. The van der Waals surface area contributed by atoms with Crippen molar-refractivity contribution in [1.29, 1.82) is 0 Å². The van der Waals surface area contributed by atoms with Crippen molar-refractivity contribution in [3.8, 4) is 0 Å². The van der Waals surface area contributed by atoms with Gasteiger partial charge in [0.15, 0.2) is 0 Å². The molecule has 3 rings (SSSR count). The van der Waals surface area contributed by atoms with E-state index in [4.69, 9.17) is 16.3 Å². The van der Waals surface area contributed by atoms with Gasteiger partial charge in [-0.05, 0) is 24.1 Å². The lowest BCUT2D eigenvalue weighted by Gasteiger charge is -2.11. The summed E-state index contributed by atoms with van der Waals surface area (Å²) in [6, 6.07) is 7.54. The van der Waals surface area contributed by atoms with Crippen LogP contribution in [-0.4, -0.2) is 12.6 Å². The van der Waals surface area contributed by atoms with Crippen LogP contribution in [0.4, 0.5) is 0 Å². The van der Waals surface area contributed by atoms with Crippen LogP contribution in [0.25, 0.3) is 0 Å². The van der Waals surface area contributed by atoms with E-state index < -0.39 is 5.41 Å². The van der Waals surface area contributed by atoms with Gasteiger partial charge in [0.25, 0.3) is 0 Å². The van der Waals surface area contributed by atoms with E-state index in [0.29, 0.717) is 11.6 Å². The van der Waals surface area contributed by atoms with Crippen LogP contribution in [0.3, 0.4) is 0 Å². The van der Waals surface area contributed by atoms with Gasteiger partial charge in [-0.2, -0.15) is 0 Å². The van der Waals surface area contributed by atoms with Crippen LogP contribution >= 0.6 is 11.6 Å². The second kappa shape index (κ2) is 2.56. The van der Waals surface area contributed by atoms with Crippen LogP contribution in [-0.2, 0) is 14.9 Å². The number of hydrogen-bond donors (Lipinski definition) is 0. The predicted molar refractivity (Wildman–Crippen MR) is 56.8 cm³/mol. The highest BCUT2D eigenvalue weighted by molar-refractivity contribution is 6.30. The van der Waals surface area contributed by atoms with Crippen molar-refractivity contribution in [3.05, 3.63) is 34.9 Å². The van der Waals surface area contributed by atoms with Crippen molar-refractivity contribution < 1.29 is 9.53 Å². The van der Waals surface area contributed by atoms with Gasteiger partial charge in [-0.15, -0.1) is 0 Å². The van der Waals surface area contributed by atoms with Gasteiger partial charge >= 0.3 is 5.97 Å². The maximum Gasteiger partial charge on any atom is 0.317 e. The minimum atomic E-state index is -0.405. The molecule has 1 aromatic carbocycles. The van der Waals surface area contributed by atoms with E-state index in [1.54, 1.807) is 0 Å². The monoisotopic (exact) mass is 222 g/mol. The minimum absolute atomic E-state index is 0.00519. The van der Waals surface area contributed by atoms with Gasteiger partial charge < -0.3 is 4.74 Å². The lowest BCUT2D eigenvalue weighted by Crippen LogP contribution is -2.20. The van der Waals surface area contributed by atoms with Crippen LogP contribution in [0.5, 0.6) is 0 Å². The topological polar surface area (TPSA) is 26.3 Å². The largest absolute Gasteiger partial charge is 0.464 e. The molecule has 1 saturated heterocycles. The van der Waals surface area contributed by atoms with Crippen molar-refractivity contribution in [2.24, 2.45) is 5.41 Å². The predicted octanol–water partition coefficient (Wildman–Crippen LogP) is 2.54. The molecule has 2 fully saturated rings. The number of halogens is 1. The molecule has 1 aromatic rings. The standard InChI is InChI=1S/C12H11ClO2/c1-11-6-12(11,10(14)15-7-11)8-3-2-4-9(13)5-8/h2-5H,6-7H2,1H3/t11-,12-/m1/s1. The second-order valence-corrected chi connectivity index (χ2v) is 5.17. The Morgan fingerprint density at radius 1 is 1.47 bits per heavy atom. The summed E-state index contributed by atoms with van der Waals surface area (Å²) in [6.45, 7) is 2.64. The molecule has 2 aliphatic rings. The normalized spacial score (nSPS) is 37.3. The fraction of sp³-hybridized carbons (Fsp3) is 0.417. The fourth-order valence-corrected chi connectivity index (χ4v) is 2.89. The minimum Gasteiger partial charge on any atom is -0.464 e. The number of rotatable bonds is 1. The van der Waals surface area contributed by atoms with E-state index in [2.05, 4.69) is 6.92 Å². The quantitative estimate of drug-likeness (QED) is 0.683. The SMILES string of the molecule is C[C@@]12COC(=O)[C@]1(c1cccc(Cl)c1)C2. The highest BCUT2D eigenvalue weighted by Crippen LogP contribution is 2.68. The summed E-state index contributed by atoms with van der Waals surface area (Å²) in [5, 5.41) is 0.677. The summed E-state index contributed by atoms with van der Waals surface area (Å²) in [6.07, 6.45) is 0.888. The van der Waals surface area contributed by atoms with Gasteiger partial charge in [0, 0.05) is 10.4 Å². The summed E-state index contributed by atoms with van der Waals surface area (Å²) in [7, 11) is 0. The molecule has 2 nitrogen and oxygen atoms in total. The third kappa shape index (κ3) is 0.979. The van der Waals surface area contributed by atoms with E-state index in [0.717, 1.165) is 12.0 Å². The molecule has 1 aliphatic heterocycles. The molecule has 0 aromatic heterocycles. The summed E-state index contributed by atoms with van der Waals surface area (Å²) in [5.74, 6) is -0.0905. The van der Waals surface area contributed by atoms with E-state index in [1.165, 1.54) is 0 Å². The zero-order valence-electron chi connectivity index (χ0n) is 8.42. The Bertz CT molecular complexity index is 457. The van der Waals surface area contributed by atoms with E-state index in [1.807, 2.05) is 24.3 Å². The first-order valence-corrected chi connectivity index (χ1v) is 5.40. The lowest BCUT2D eigenvalue weighted by molar-refractivity contribution is -0.142.